The highest BCUT2D eigenvalue weighted by atomic mass is 35.5. The van der Waals surface area contributed by atoms with Crippen LogP contribution in [0.15, 0.2) is 12.1 Å². The van der Waals surface area contributed by atoms with Crippen LogP contribution in [0, 0.1) is 11.6 Å². The lowest BCUT2D eigenvalue weighted by atomic mass is 10.2. The fourth-order valence-electron chi connectivity index (χ4n) is 2.20. The molecule has 0 aliphatic heterocycles. The molecule has 0 atom stereocenters. The number of halogens is 4. The van der Waals surface area contributed by atoms with E-state index in [0.29, 0.717) is 5.15 Å². The maximum Gasteiger partial charge on any atom is 0.161 e. The van der Waals surface area contributed by atoms with Gasteiger partial charge in [-0.25, -0.2) is 18.7 Å². The van der Waals surface area contributed by atoms with Crippen molar-refractivity contribution in [1.82, 2.24) is 9.97 Å². The number of fused-ring (bicyclic) bond motifs is 1. The summed E-state index contributed by atoms with van der Waals surface area (Å²) in [7, 11) is 0. The van der Waals surface area contributed by atoms with E-state index in [1.807, 2.05) is 0 Å². The lowest BCUT2D eigenvalue weighted by Crippen LogP contribution is -1.98. The van der Waals surface area contributed by atoms with Gasteiger partial charge in [-0.05, 0) is 31.4 Å². The topological polar surface area (TPSA) is 25.8 Å². The van der Waals surface area contributed by atoms with E-state index >= 15 is 0 Å². The third-order valence-corrected chi connectivity index (χ3v) is 3.80. The maximum absolute atomic E-state index is 13.4. The highest BCUT2D eigenvalue weighted by Gasteiger charge is 2.20. The van der Waals surface area contributed by atoms with E-state index in [9.17, 15) is 8.78 Å². The first-order valence-corrected chi connectivity index (χ1v) is 6.52. The summed E-state index contributed by atoms with van der Waals surface area (Å²) < 4.78 is 26.9. The van der Waals surface area contributed by atoms with Crippen LogP contribution in [0.1, 0.15) is 17.7 Å². The Hall–Kier alpha value is -1.26. The van der Waals surface area contributed by atoms with Crippen molar-refractivity contribution in [2.45, 2.75) is 19.3 Å². The van der Waals surface area contributed by atoms with E-state index in [0.717, 1.165) is 42.7 Å². The van der Waals surface area contributed by atoms with E-state index in [4.69, 9.17) is 23.2 Å². The lowest BCUT2D eigenvalue weighted by Gasteiger charge is -2.07. The van der Waals surface area contributed by atoms with Crippen LogP contribution < -0.4 is 0 Å². The second kappa shape index (κ2) is 4.69. The van der Waals surface area contributed by atoms with Crippen molar-refractivity contribution in [3.63, 3.8) is 0 Å². The lowest BCUT2D eigenvalue weighted by molar-refractivity contribution is 0.584. The number of rotatable bonds is 1. The summed E-state index contributed by atoms with van der Waals surface area (Å²) in [5.74, 6) is -1.45. The Balaban J connectivity index is 2.15. The molecule has 0 saturated heterocycles. The van der Waals surface area contributed by atoms with Crippen molar-refractivity contribution in [1.29, 1.82) is 0 Å². The highest BCUT2D eigenvalue weighted by Crippen LogP contribution is 2.30. The Morgan fingerprint density at radius 2 is 1.68 bits per heavy atom. The predicted octanol–water partition coefficient (Wildman–Crippen LogP) is 4.22. The maximum atomic E-state index is 13.4. The number of hydrogen-bond acceptors (Lipinski definition) is 2. The first-order chi connectivity index (χ1) is 9.06. The Morgan fingerprint density at radius 1 is 1.00 bits per heavy atom. The smallest absolute Gasteiger partial charge is 0.161 e. The molecule has 1 heterocycles. The molecule has 0 radical (unpaired) electrons. The Morgan fingerprint density at radius 3 is 2.37 bits per heavy atom. The molecule has 0 unspecified atom stereocenters. The minimum Gasteiger partial charge on any atom is -0.233 e. The monoisotopic (exact) mass is 300 g/mol. The van der Waals surface area contributed by atoms with Crippen LogP contribution in [0.3, 0.4) is 0 Å². The van der Waals surface area contributed by atoms with Crippen molar-refractivity contribution in [2.24, 2.45) is 0 Å². The van der Waals surface area contributed by atoms with Crippen molar-refractivity contribution in [3.05, 3.63) is 45.2 Å². The average Bonchev–Trinajstić information content (AvgIpc) is 2.84. The molecule has 3 rings (SSSR count). The molecule has 0 spiro atoms. The number of benzene rings is 1. The molecule has 19 heavy (non-hydrogen) atoms. The number of aryl methyl sites for hydroxylation is 1. The van der Waals surface area contributed by atoms with E-state index in [-0.39, 0.29) is 11.4 Å². The van der Waals surface area contributed by atoms with Gasteiger partial charge in [-0.1, -0.05) is 23.2 Å². The summed E-state index contributed by atoms with van der Waals surface area (Å²) in [4.78, 5) is 8.43. The van der Waals surface area contributed by atoms with Crippen LogP contribution in [-0.2, 0) is 12.8 Å². The SMILES string of the molecule is Fc1cc(-c2nc(Cl)c3c(n2)CCC3)cc(F)c1Cl. The third kappa shape index (κ3) is 2.19. The molecule has 0 saturated carbocycles. The first-order valence-electron chi connectivity index (χ1n) is 5.76. The predicted molar refractivity (Wildman–Crippen MR) is 69.4 cm³/mol. The molecule has 0 amide bonds. The molecule has 2 nitrogen and oxygen atoms in total. The van der Waals surface area contributed by atoms with Gasteiger partial charge < -0.3 is 0 Å². The zero-order chi connectivity index (χ0) is 13.6. The van der Waals surface area contributed by atoms with Crippen molar-refractivity contribution in [2.75, 3.05) is 0 Å². The second-order valence-corrected chi connectivity index (χ2v) is 5.11. The summed E-state index contributed by atoms with van der Waals surface area (Å²) in [6.45, 7) is 0. The average molecular weight is 301 g/mol. The van der Waals surface area contributed by atoms with Crippen molar-refractivity contribution < 1.29 is 8.78 Å². The summed E-state index contributed by atoms with van der Waals surface area (Å²) in [6, 6.07) is 2.22. The summed E-state index contributed by atoms with van der Waals surface area (Å²) >= 11 is 11.5. The van der Waals surface area contributed by atoms with Gasteiger partial charge in [0.1, 0.15) is 21.8 Å². The number of hydrogen-bond donors (Lipinski definition) is 0. The largest absolute Gasteiger partial charge is 0.233 e. The van der Waals surface area contributed by atoms with Gasteiger partial charge in [0.05, 0.1) is 0 Å². The molecule has 1 aromatic carbocycles. The van der Waals surface area contributed by atoms with Gasteiger partial charge >= 0.3 is 0 Å². The van der Waals surface area contributed by atoms with Crippen molar-refractivity contribution >= 4 is 23.2 Å². The van der Waals surface area contributed by atoms with Gasteiger partial charge in [0, 0.05) is 16.8 Å². The van der Waals surface area contributed by atoms with Gasteiger partial charge in [0.15, 0.2) is 5.82 Å². The second-order valence-electron chi connectivity index (χ2n) is 4.37. The van der Waals surface area contributed by atoms with E-state index in [1.54, 1.807) is 0 Å². The fraction of sp³-hybridized carbons (Fsp3) is 0.231. The summed E-state index contributed by atoms with van der Waals surface area (Å²) in [5, 5.41) is -0.177. The zero-order valence-electron chi connectivity index (χ0n) is 9.68. The fourth-order valence-corrected chi connectivity index (χ4v) is 2.59. The minimum absolute atomic E-state index is 0.222. The van der Waals surface area contributed by atoms with Gasteiger partial charge in [-0.15, -0.1) is 0 Å². The number of nitrogens with zero attached hydrogens (tertiary/aromatic N) is 2. The number of aromatic nitrogens is 2. The molecule has 98 valence electrons. The molecular weight excluding hydrogens is 293 g/mol. The quantitative estimate of drug-likeness (QED) is 0.582. The van der Waals surface area contributed by atoms with Gasteiger partial charge in [0.2, 0.25) is 0 Å². The molecule has 0 bridgehead atoms. The van der Waals surface area contributed by atoms with Crippen molar-refractivity contribution in [3.8, 4) is 11.4 Å². The third-order valence-electron chi connectivity index (χ3n) is 3.12. The Bertz CT molecular complexity index is 651. The molecule has 1 aliphatic carbocycles. The molecule has 1 aromatic heterocycles. The summed E-state index contributed by atoms with van der Waals surface area (Å²) in [5.41, 5.74) is 2.02. The Kier molecular flexibility index (Phi) is 3.15. The zero-order valence-corrected chi connectivity index (χ0v) is 11.2. The van der Waals surface area contributed by atoms with Crippen LogP contribution in [0.25, 0.3) is 11.4 Å². The normalized spacial score (nSPS) is 13.7. The highest BCUT2D eigenvalue weighted by molar-refractivity contribution is 6.31. The van der Waals surface area contributed by atoms with Crippen LogP contribution >= 0.6 is 23.2 Å². The summed E-state index contributed by atoms with van der Waals surface area (Å²) in [6.07, 6.45) is 2.62. The van der Waals surface area contributed by atoms with Crippen LogP contribution in [0.2, 0.25) is 10.2 Å². The van der Waals surface area contributed by atoms with Crippen LogP contribution in [0.4, 0.5) is 8.78 Å². The molecule has 6 heteroatoms. The van der Waals surface area contributed by atoms with E-state index < -0.39 is 16.7 Å². The molecule has 2 aromatic rings. The first kappa shape index (κ1) is 12.8. The molecule has 0 fully saturated rings. The molecule has 0 N–H and O–H groups in total. The van der Waals surface area contributed by atoms with E-state index in [2.05, 4.69) is 9.97 Å². The van der Waals surface area contributed by atoms with Crippen LogP contribution in [0.5, 0.6) is 0 Å². The van der Waals surface area contributed by atoms with E-state index in [1.165, 1.54) is 0 Å². The van der Waals surface area contributed by atoms with Gasteiger partial charge in [0.25, 0.3) is 0 Å². The Labute approximate surface area is 118 Å². The van der Waals surface area contributed by atoms with Crippen LogP contribution in [-0.4, -0.2) is 9.97 Å². The molecular formula is C13H8Cl2F2N2. The standard InChI is InChI=1S/C13H8Cl2F2N2/c14-11-8(16)4-6(5-9(11)17)13-18-10-3-1-2-7(10)12(15)19-13/h4-5H,1-3H2. The molecule has 1 aliphatic rings. The van der Waals surface area contributed by atoms with Gasteiger partial charge in [-0.2, -0.15) is 0 Å². The minimum atomic E-state index is -0.836. The van der Waals surface area contributed by atoms with Gasteiger partial charge in [-0.3, -0.25) is 0 Å².